The fraction of sp³-hybridized carbons (Fsp3) is 0. The van der Waals surface area contributed by atoms with Crippen LogP contribution in [0, 0.1) is 35.6 Å². The van der Waals surface area contributed by atoms with Gasteiger partial charge in [-0.25, -0.2) is 0 Å². The van der Waals surface area contributed by atoms with Crippen molar-refractivity contribution in [1.29, 1.82) is 0 Å². The Bertz CT molecular complexity index is 37.9. The minimum absolute atomic E-state index is 0. The average Bonchev–Trinajstić information content (AvgIpc) is 0.811. The van der Waals surface area contributed by atoms with E-state index in [0.717, 1.165) is 0 Å². The van der Waals surface area contributed by atoms with Crippen molar-refractivity contribution in [1.82, 2.24) is 0 Å². The molecule has 7 heteroatoms. The van der Waals surface area contributed by atoms with E-state index in [4.69, 9.17) is 14.1 Å². The van der Waals surface area contributed by atoms with Crippen LogP contribution in [0.1, 0.15) is 0 Å². The van der Waals surface area contributed by atoms with Crippen LogP contribution in [0.2, 0.25) is 0 Å². The summed E-state index contributed by atoms with van der Waals surface area (Å²) in [5, 5.41) is 0. The van der Waals surface area contributed by atoms with Gasteiger partial charge in [0, 0.05) is 35.6 Å². The topological polar surface area (TPSA) is 57.5 Å². The molecule has 1 radical (unpaired) electrons. The predicted molar refractivity (Wildman–Crippen MR) is 20.5 cm³/mol. The number of halogens is 1. The molecule has 0 aromatic heterocycles. The van der Waals surface area contributed by atoms with Crippen LogP contribution >= 0.6 is 0 Å². The summed E-state index contributed by atoms with van der Waals surface area (Å²) in [7, 11) is -3.13. The molecule has 2 N–H and O–H groups in total. The molecule has 0 rings (SSSR count). The summed E-state index contributed by atoms with van der Waals surface area (Å²) in [5.74, 6) is 0. The first-order valence-corrected chi connectivity index (χ1v) is 1.95. The van der Waals surface area contributed by atoms with Crippen LogP contribution < -0.4 is 0 Å². The van der Waals surface area contributed by atoms with Crippen molar-refractivity contribution in [3.05, 3.63) is 0 Å². The fourth-order valence-corrected chi connectivity index (χ4v) is 0. The molecule has 0 fully saturated rings. The van der Waals surface area contributed by atoms with E-state index >= 15 is 0 Å². The van der Waals surface area contributed by atoms with Gasteiger partial charge in [-0.05, 0) is 0 Å². The Morgan fingerprint density at radius 2 is 1.29 bits per heavy atom. The molecule has 0 saturated heterocycles. The molecule has 0 aliphatic carbocycles. The van der Waals surface area contributed by atoms with Crippen LogP contribution in [0.3, 0.4) is 0 Å². The first kappa shape index (κ1) is 23.3. The summed E-state index contributed by atoms with van der Waals surface area (Å²) in [6, 6.07) is 0. The van der Waals surface area contributed by atoms with Gasteiger partial charge in [0.15, 0.2) is 0 Å². The molecule has 0 heterocycles. The monoisotopic (exact) mass is 261 g/mol. The molecule has 0 saturated carbocycles. The molecule has 0 aliphatic heterocycles. The van der Waals surface area contributed by atoms with Gasteiger partial charge < -0.3 is 9.59 Å². The van der Waals surface area contributed by atoms with E-state index in [1.54, 1.807) is 0 Å². The van der Waals surface area contributed by atoms with Gasteiger partial charge in [-0.3, -0.25) is 9.17 Å². The molecule has 0 aromatic carbocycles. The summed E-state index contributed by atoms with van der Waals surface area (Å²) in [4.78, 5) is 14.3. The zero-order valence-corrected chi connectivity index (χ0v) is 7.41. The Morgan fingerprint density at radius 3 is 1.29 bits per heavy atom. The third-order valence-electron chi connectivity index (χ3n) is 0. The standard InChI is InChI=1S/FH.La.Na.H2O3Si.H/c;;;1-4(2)3;/h1H;;;1-2H;. The molecule has 7 heavy (non-hydrogen) atoms. The maximum absolute atomic E-state index is 8.74. The third kappa shape index (κ3) is 84.1. The maximum atomic E-state index is 8.74. The van der Waals surface area contributed by atoms with Gasteiger partial charge in [-0.15, -0.1) is 0 Å². The van der Waals surface area contributed by atoms with Gasteiger partial charge >= 0.3 is 38.7 Å². The van der Waals surface area contributed by atoms with Crippen molar-refractivity contribution >= 4 is 38.7 Å². The second-order valence-electron chi connectivity index (χ2n) is 0.283. The van der Waals surface area contributed by atoms with Crippen molar-refractivity contribution in [3.8, 4) is 0 Å². The minimum atomic E-state index is -3.13. The molecule has 0 spiro atoms. The first-order valence-electron chi connectivity index (χ1n) is 0.651. The molecule has 0 atom stereocenters. The van der Waals surface area contributed by atoms with Crippen LogP contribution in [0.4, 0.5) is 4.70 Å². The second kappa shape index (κ2) is 15.6. The number of hydrogen-bond acceptors (Lipinski definition) is 1. The zero-order valence-electron chi connectivity index (χ0n) is 2.79. The van der Waals surface area contributed by atoms with E-state index in [9.17, 15) is 0 Å². The van der Waals surface area contributed by atoms with Crippen LogP contribution in [-0.4, -0.2) is 48.3 Å². The van der Waals surface area contributed by atoms with Crippen molar-refractivity contribution in [2.45, 2.75) is 0 Å². The molecule has 0 bridgehead atoms. The first-order chi connectivity index (χ1) is 1.73. The van der Waals surface area contributed by atoms with E-state index in [-0.39, 0.29) is 69.9 Å². The summed E-state index contributed by atoms with van der Waals surface area (Å²) >= 11 is 0. The Hall–Kier alpha value is 1.74. The van der Waals surface area contributed by atoms with Gasteiger partial charge in [0.05, 0.1) is 0 Å². The van der Waals surface area contributed by atoms with E-state index in [0.29, 0.717) is 0 Å². The zero-order chi connectivity index (χ0) is 3.58. The van der Waals surface area contributed by atoms with Crippen molar-refractivity contribution in [3.63, 3.8) is 0 Å². The molecule has 37 valence electrons. The SMILES string of the molecule is F.O=[Si](O)O.[La].[NaH]. The summed E-state index contributed by atoms with van der Waals surface area (Å²) < 4.78 is 8.74. The van der Waals surface area contributed by atoms with Crippen molar-refractivity contribution < 1.29 is 54.4 Å². The average molecular weight is 261 g/mol. The normalized spacial score (nSPS) is 3.43. The van der Waals surface area contributed by atoms with Gasteiger partial charge in [0.25, 0.3) is 0 Å². The molecule has 0 unspecified atom stereocenters. The molecule has 0 aliphatic rings. The Morgan fingerprint density at radius 1 is 1.29 bits per heavy atom. The Balaban J connectivity index is -0.0000000150. The third-order valence-corrected chi connectivity index (χ3v) is 0. The molecule has 3 nitrogen and oxygen atoms in total. The molecular formula is H4FLaNaO3Si. The van der Waals surface area contributed by atoms with E-state index in [1.807, 2.05) is 0 Å². The quantitative estimate of drug-likeness (QED) is 0.491. The van der Waals surface area contributed by atoms with Crippen molar-refractivity contribution in [2.75, 3.05) is 0 Å². The van der Waals surface area contributed by atoms with Gasteiger partial charge in [-0.1, -0.05) is 0 Å². The predicted octanol–water partition coefficient (Wildman–Crippen LogP) is -2.11. The summed E-state index contributed by atoms with van der Waals surface area (Å²) in [6.07, 6.45) is 0. The molecule has 0 amide bonds. The van der Waals surface area contributed by atoms with E-state index in [1.165, 1.54) is 0 Å². The second-order valence-corrected chi connectivity index (χ2v) is 0.848. The van der Waals surface area contributed by atoms with Crippen LogP contribution in [0.15, 0.2) is 0 Å². The molecular weight excluding hydrogens is 257 g/mol. The summed E-state index contributed by atoms with van der Waals surface area (Å²) in [5.41, 5.74) is 0. The Labute approximate surface area is 91.7 Å². The van der Waals surface area contributed by atoms with E-state index in [2.05, 4.69) is 0 Å². The fourth-order valence-electron chi connectivity index (χ4n) is 0. The van der Waals surface area contributed by atoms with Crippen molar-refractivity contribution in [2.24, 2.45) is 0 Å². The molecule has 0 aromatic rings. The van der Waals surface area contributed by atoms with Gasteiger partial charge in [-0.2, -0.15) is 0 Å². The summed E-state index contributed by atoms with van der Waals surface area (Å²) in [6.45, 7) is 0. The van der Waals surface area contributed by atoms with Crippen LogP contribution in [-0.2, 0) is 4.46 Å². The van der Waals surface area contributed by atoms with Crippen LogP contribution in [0.5, 0.6) is 0 Å². The van der Waals surface area contributed by atoms with Crippen LogP contribution in [0.25, 0.3) is 0 Å². The van der Waals surface area contributed by atoms with Gasteiger partial charge in [0.2, 0.25) is 0 Å². The van der Waals surface area contributed by atoms with E-state index < -0.39 is 9.17 Å². The number of hydrogen-bond donors (Lipinski definition) is 2. The van der Waals surface area contributed by atoms with Gasteiger partial charge in [0.1, 0.15) is 0 Å². The Kier molecular flexibility index (Phi) is 52.1. The number of rotatable bonds is 0.